The molecule has 4 aromatic rings. The molecule has 0 spiro atoms. The van der Waals surface area contributed by atoms with Gasteiger partial charge in [0.05, 0.1) is 5.75 Å². The topological polar surface area (TPSA) is 46.4 Å². The monoisotopic (exact) mass is 391 g/mol. The fraction of sp³-hybridized carbons (Fsp3) is 0.0909. The van der Waals surface area contributed by atoms with Crippen molar-refractivity contribution < 1.29 is 9.18 Å². The van der Waals surface area contributed by atoms with Gasteiger partial charge in [-0.3, -0.25) is 9.20 Å². The average molecular weight is 391 g/mol. The number of benzene rings is 2. The molecule has 0 atom stereocenters. The lowest BCUT2D eigenvalue weighted by Gasteiger charge is -2.09. The van der Waals surface area contributed by atoms with Gasteiger partial charge in [-0.25, -0.2) is 9.37 Å². The zero-order valence-corrected chi connectivity index (χ0v) is 16.0. The van der Waals surface area contributed by atoms with Crippen LogP contribution in [0.5, 0.6) is 0 Å². The van der Waals surface area contributed by atoms with E-state index in [9.17, 15) is 9.18 Å². The van der Waals surface area contributed by atoms with Gasteiger partial charge in [0.15, 0.2) is 0 Å². The van der Waals surface area contributed by atoms with Crippen molar-refractivity contribution in [2.45, 2.75) is 11.8 Å². The fourth-order valence-corrected chi connectivity index (χ4v) is 3.66. The van der Waals surface area contributed by atoms with Gasteiger partial charge >= 0.3 is 0 Å². The highest BCUT2D eigenvalue weighted by Crippen LogP contribution is 2.31. The molecule has 0 saturated heterocycles. The fourth-order valence-electron chi connectivity index (χ4n) is 2.95. The Bertz CT molecular complexity index is 1140. The first-order valence-electron chi connectivity index (χ1n) is 8.83. The largest absolute Gasteiger partial charge is 0.309 e. The van der Waals surface area contributed by atoms with Crippen LogP contribution in [0.4, 0.5) is 10.2 Å². The van der Waals surface area contributed by atoms with Gasteiger partial charge in [0.1, 0.15) is 23.0 Å². The number of aryl methyl sites for hydroxylation is 1. The third kappa shape index (κ3) is 3.77. The van der Waals surface area contributed by atoms with E-state index in [-0.39, 0.29) is 17.5 Å². The van der Waals surface area contributed by atoms with Crippen LogP contribution in [0, 0.1) is 12.7 Å². The van der Waals surface area contributed by atoms with Crippen LogP contribution in [0.3, 0.4) is 0 Å². The van der Waals surface area contributed by atoms with Crippen LogP contribution in [-0.4, -0.2) is 21.0 Å². The smallest absolute Gasteiger partial charge is 0.235 e. The molecule has 0 unspecified atom stereocenters. The molecule has 1 amide bonds. The lowest BCUT2D eigenvalue weighted by molar-refractivity contribution is -0.113. The number of carbonyl (C=O) groups is 1. The summed E-state index contributed by atoms with van der Waals surface area (Å²) in [7, 11) is 0. The zero-order valence-electron chi connectivity index (χ0n) is 15.2. The number of pyridine rings is 1. The summed E-state index contributed by atoms with van der Waals surface area (Å²) in [5, 5.41) is 2.93. The van der Waals surface area contributed by atoms with Crippen molar-refractivity contribution >= 4 is 29.1 Å². The van der Waals surface area contributed by atoms with Gasteiger partial charge < -0.3 is 5.32 Å². The first-order chi connectivity index (χ1) is 13.6. The molecule has 2 heterocycles. The molecule has 140 valence electrons. The van der Waals surface area contributed by atoms with Crippen LogP contribution in [-0.2, 0) is 4.79 Å². The number of carbonyl (C=O) groups excluding carboxylic acids is 1. The maximum atomic E-state index is 14.4. The Morgan fingerprint density at radius 1 is 1.07 bits per heavy atom. The van der Waals surface area contributed by atoms with E-state index < -0.39 is 0 Å². The van der Waals surface area contributed by atoms with Gasteiger partial charge in [-0.1, -0.05) is 36.4 Å². The average Bonchev–Trinajstić information content (AvgIpc) is 3.05. The molecule has 1 N–H and O–H groups in total. The van der Waals surface area contributed by atoms with Crippen molar-refractivity contribution in [3.05, 3.63) is 84.3 Å². The normalized spacial score (nSPS) is 10.9. The van der Waals surface area contributed by atoms with Crippen molar-refractivity contribution in [1.29, 1.82) is 0 Å². The Balaban J connectivity index is 1.68. The van der Waals surface area contributed by atoms with Crippen molar-refractivity contribution in [2.75, 3.05) is 11.1 Å². The van der Waals surface area contributed by atoms with Crippen molar-refractivity contribution in [2.24, 2.45) is 0 Å². The number of anilines is 1. The van der Waals surface area contributed by atoms with E-state index in [0.717, 1.165) is 10.5 Å². The minimum Gasteiger partial charge on any atom is -0.309 e. The van der Waals surface area contributed by atoms with E-state index in [1.807, 2.05) is 55.6 Å². The van der Waals surface area contributed by atoms with E-state index in [1.165, 1.54) is 17.8 Å². The van der Waals surface area contributed by atoms with Gasteiger partial charge in [-0.05, 0) is 42.8 Å². The molecule has 0 aliphatic heterocycles. The molecule has 6 heteroatoms. The van der Waals surface area contributed by atoms with Crippen LogP contribution in [0.1, 0.15) is 5.56 Å². The molecule has 0 radical (unpaired) electrons. The number of imidazole rings is 1. The third-order valence-corrected chi connectivity index (χ3v) is 5.28. The number of hydrogen-bond acceptors (Lipinski definition) is 3. The van der Waals surface area contributed by atoms with Crippen LogP contribution >= 0.6 is 11.8 Å². The molecule has 0 aliphatic rings. The molecular weight excluding hydrogens is 373 g/mol. The number of aromatic nitrogens is 2. The molecule has 0 fully saturated rings. The van der Waals surface area contributed by atoms with Gasteiger partial charge in [-0.15, -0.1) is 11.8 Å². The second-order valence-corrected chi connectivity index (χ2v) is 7.42. The van der Waals surface area contributed by atoms with Gasteiger partial charge in [0.25, 0.3) is 0 Å². The number of rotatable bonds is 5. The zero-order chi connectivity index (χ0) is 19.5. The number of halogens is 1. The summed E-state index contributed by atoms with van der Waals surface area (Å²) in [6, 6.07) is 20.0. The van der Waals surface area contributed by atoms with Crippen molar-refractivity contribution in [3.8, 4) is 11.3 Å². The summed E-state index contributed by atoms with van der Waals surface area (Å²) in [5.41, 5.74) is 2.44. The number of thioether (sulfide) groups is 1. The predicted molar refractivity (Wildman–Crippen MR) is 111 cm³/mol. The first kappa shape index (κ1) is 18.3. The standard InChI is InChI=1S/C22H18FN3OS/c1-15-11-12-19-24-21(17-9-5-6-10-18(17)23)22(26(19)13-15)25-20(27)14-28-16-7-3-2-4-8-16/h2-13H,14H2,1H3,(H,25,27). The Kier molecular flexibility index (Phi) is 5.12. The first-order valence-corrected chi connectivity index (χ1v) is 9.82. The third-order valence-electron chi connectivity index (χ3n) is 4.27. The second kappa shape index (κ2) is 7.86. The summed E-state index contributed by atoms with van der Waals surface area (Å²) in [6.45, 7) is 1.96. The molecular formula is C22H18FN3OS. The van der Waals surface area contributed by atoms with Gasteiger partial charge in [0.2, 0.25) is 5.91 Å². The number of nitrogens with one attached hydrogen (secondary N) is 1. The molecule has 2 aromatic carbocycles. The Hall–Kier alpha value is -3.12. The van der Waals surface area contributed by atoms with Crippen molar-refractivity contribution in [1.82, 2.24) is 9.38 Å². The van der Waals surface area contributed by atoms with Crippen LogP contribution in [0.15, 0.2) is 77.8 Å². The summed E-state index contributed by atoms with van der Waals surface area (Å²) >= 11 is 1.45. The number of amides is 1. The molecule has 0 saturated carbocycles. The Morgan fingerprint density at radius 2 is 1.82 bits per heavy atom. The molecule has 2 aromatic heterocycles. The number of nitrogens with zero attached hydrogens (tertiary/aromatic N) is 2. The minimum absolute atomic E-state index is 0.172. The van der Waals surface area contributed by atoms with Gasteiger partial charge in [0, 0.05) is 16.7 Å². The molecule has 28 heavy (non-hydrogen) atoms. The highest BCUT2D eigenvalue weighted by atomic mass is 32.2. The molecule has 0 bridgehead atoms. The maximum absolute atomic E-state index is 14.4. The highest BCUT2D eigenvalue weighted by Gasteiger charge is 2.19. The van der Waals surface area contributed by atoms with Crippen LogP contribution in [0.25, 0.3) is 16.9 Å². The Labute approximate surface area is 166 Å². The number of fused-ring (bicyclic) bond motifs is 1. The minimum atomic E-state index is -0.378. The Morgan fingerprint density at radius 3 is 2.61 bits per heavy atom. The number of hydrogen-bond donors (Lipinski definition) is 1. The van der Waals surface area contributed by atoms with E-state index in [0.29, 0.717) is 22.7 Å². The molecule has 4 nitrogen and oxygen atoms in total. The van der Waals surface area contributed by atoms with Crippen LogP contribution < -0.4 is 5.32 Å². The summed E-state index contributed by atoms with van der Waals surface area (Å²) in [5.74, 6) is 0.175. The lowest BCUT2D eigenvalue weighted by Crippen LogP contribution is -2.16. The van der Waals surface area contributed by atoms with Crippen molar-refractivity contribution in [3.63, 3.8) is 0 Å². The van der Waals surface area contributed by atoms with Crippen LogP contribution in [0.2, 0.25) is 0 Å². The summed E-state index contributed by atoms with van der Waals surface area (Å²) in [4.78, 5) is 18.2. The van der Waals surface area contributed by atoms with E-state index in [4.69, 9.17) is 0 Å². The quantitative estimate of drug-likeness (QED) is 0.477. The van der Waals surface area contributed by atoms with E-state index in [1.54, 1.807) is 22.6 Å². The summed E-state index contributed by atoms with van der Waals surface area (Å²) in [6.07, 6.45) is 1.88. The lowest BCUT2D eigenvalue weighted by atomic mass is 10.1. The predicted octanol–water partition coefficient (Wildman–Crippen LogP) is 5.18. The second-order valence-electron chi connectivity index (χ2n) is 6.37. The van der Waals surface area contributed by atoms with Gasteiger partial charge in [-0.2, -0.15) is 0 Å². The highest BCUT2D eigenvalue weighted by molar-refractivity contribution is 8.00. The summed E-state index contributed by atoms with van der Waals surface area (Å²) < 4.78 is 16.2. The van der Waals surface area contributed by atoms with E-state index in [2.05, 4.69) is 10.3 Å². The van der Waals surface area contributed by atoms with E-state index >= 15 is 0 Å². The molecule has 4 rings (SSSR count). The maximum Gasteiger partial charge on any atom is 0.235 e. The molecule has 0 aliphatic carbocycles. The SMILES string of the molecule is Cc1ccc2nc(-c3ccccc3F)c(NC(=O)CSc3ccccc3)n2c1.